The summed E-state index contributed by atoms with van der Waals surface area (Å²) in [7, 11) is 0. The van der Waals surface area contributed by atoms with Gasteiger partial charge in [-0.2, -0.15) is 0 Å². The summed E-state index contributed by atoms with van der Waals surface area (Å²) in [6, 6.07) is 5.69. The molecule has 2 aromatic heterocycles. The van der Waals surface area contributed by atoms with Crippen molar-refractivity contribution in [3.05, 3.63) is 46.4 Å². The number of nitrogens with zero attached hydrogens (tertiary/aromatic N) is 1. The summed E-state index contributed by atoms with van der Waals surface area (Å²) in [4.78, 5) is 16.2. The highest BCUT2D eigenvalue weighted by atomic mass is 32.2. The Labute approximate surface area is 108 Å². The van der Waals surface area contributed by atoms with Gasteiger partial charge in [0.1, 0.15) is 4.88 Å². The number of pyridine rings is 1. The fourth-order valence-electron chi connectivity index (χ4n) is 1.34. The molecule has 0 unspecified atom stereocenters. The molecule has 88 valence electrons. The van der Waals surface area contributed by atoms with Crippen molar-refractivity contribution in [2.75, 3.05) is 5.75 Å². The Morgan fingerprint density at radius 3 is 3.06 bits per heavy atom. The van der Waals surface area contributed by atoms with Gasteiger partial charge in [0.2, 0.25) is 0 Å². The maximum atomic E-state index is 10.7. The summed E-state index contributed by atoms with van der Waals surface area (Å²) >= 11 is 2.94. The minimum atomic E-state index is -0.853. The molecule has 0 saturated heterocycles. The first kappa shape index (κ1) is 12.1. The van der Waals surface area contributed by atoms with E-state index in [-0.39, 0.29) is 0 Å². The second-order valence-corrected chi connectivity index (χ2v) is 5.49. The van der Waals surface area contributed by atoms with Gasteiger partial charge in [0, 0.05) is 28.4 Å². The van der Waals surface area contributed by atoms with Gasteiger partial charge < -0.3 is 5.11 Å². The monoisotopic (exact) mass is 265 g/mol. The van der Waals surface area contributed by atoms with Gasteiger partial charge in [-0.05, 0) is 24.1 Å². The van der Waals surface area contributed by atoms with Gasteiger partial charge in [0.05, 0.1) is 0 Å². The van der Waals surface area contributed by atoms with Crippen LogP contribution in [0.3, 0.4) is 0 Å². The molecule has 0 saturated carbocycles. The molecule has 2 heterocycles. The van der Waals surface area contributed by atoms with Crippen LogP contribution in [0.25, 0.3) is 0 Å². The van der Waals surface area contributed by atoms with Gasteiger partial charge in [0.15, 0.2) is 0 Å². The van der Waals surface area contributed by atoms with E-state index >= 15 is 0 Å². The van der Waals surface area contributed by atoms with E-state index in [0.717, 1.165) is 17.1 Å². The lowest BCUT2D eigenvalue weighted by molar-refractivity contribution is 0.0702. The highest BCUT2D eigenvalue weighted by Crippen LogP contribution is 2.25. The van der Waals surface area contributed by atoms with Crippen LogP contribution < -0.4 is 0 Å². The van der Waals surface area contributed by atoms with E-state index in [2.05, 4.69) is 4.98 Å². The smallest absolute Gasteiger partial charge is 0.345 e. The van der Waals surface area contributed by atoms with Crippen LogP contribution >= 0.6 is 23.1 Å². The van der Waals surface area contributed by atoms with Crippen molar-refractivity contribution in [1.82, 2.24) is 4.98 Å². The van der Waals surface area contributed by atoms with Crippen molar-refractivity contribution >= 4 is 29.1 Å². The van der Waals surface area contributed by atoms with Gasteiger partial charge in [-0.15, -0.1) is 23.1 Å². The Bertz CT molecular complexity index is 496. The SMILES string of the molecule is O=C(O)c1cc(SCCc2cccnc2)cs1. The summed E-state index contributed by atoms with van der Waals surface area (Å²) in [6.07, 6.45) is 4.56. The molecular weight excluding hydrogens is 254 g/mol. The fourth-order valence-corrected chi connectivity index (χ4v) is 3.21. The van der Waals surface area contributed by atoms with Crippen LogP contribution in [0.5, 0.6) is 0 Å². The molecule has 0 aliphatic carbocycles. The maximum absolute atomic E-state index is 10.7. The van der Waals surface area contributed by atoms with Crippen molar-refractivity contribution in [1.29, 1.82) is 0 Å². The van der Waals surface area contributed by atoms with E-state index in [9.17, 15) is 4.79 Å². The van der Waals surface area contributed by atoms with Crippen LogP contribution in [-0.4, -0.2) is 21.8 Å². The Kier molecular flexibility index (Phi) is 4.17. The van der Waals surface area contributed by atoms with E-state index in [1.165, 1.54) is 16.9 Å². The molecule has 0 aliphatic rings. The lowest BCUT2D eigenvalue weighted by atomic mass is 10.2. The summed E-state index contributed by atoms with van der Waals surface area (Å²) in [5.41, 5.74) is 1.20. The predicted molar refractivity (Wildman–Crippen MR) is 69.9 cm³/mol. The number of carboxylic acid groups (broad SMARTS) is 1. The second-order valence-electron chi connectivity index (χ2n) is 3.41. The minimum Gasteiger partial charge on any atom is -0.477 e. The van der Waals surface area contributed by atoms with Gasteiger partial charge >= 0.3 is 5.97 Å². The molecule has 2 rings (SSSR count). The molecule has 0 amide bonds. The number of carbonyl (C=O) groups is 1. The lowest BCUT2D eigenvalue weighted by Crippen LogP contribution is -1.90. The van der Waals surface area contributed by atoms with E-state index in [1.807, 2.05) is 23.7 Å². The standard InChI is InChI=1S/C12H11NO2S2/c14-12(15)11-6-10(8-17-11)16-5-3-9-2-1-4-13-7-9/h1-2,4,6-8H,3,5H2,(H,14,15). The summed E-state index contributed by atoms with van der Waals surface area (Å²) in [5.74, 6) is 0.0794. The average molecular weight is 265 g/mol. The number of aromatic nitrogens is 1. The van der Waals surface area contributed by atoms with Gasteiger partial charge in [0.25, 0.3) is 0 Å². The molecule has 0 fully saturated rings. The molecule has 0 aliphatic heterocycles. The van der Waals surface area contributed by atoms with Crippen molar-refractivity contribution in [3.63, 3.8) is 0 Å². The summed E-state index contributed by atoms with van der Waals surface area (Å²) in [6.45, 7) is 0. The zero-order valence-electron chi connectivity index (χ0n) is 9.00. The van der Waals surface area contributed by atoms with Gasteiger partial charge in [-0.3, -0.25) is 4.98 Å². The molecule has 1 N–H and O–H groups in total. The minimum absolute atomic E-state index is 0.397. The van der Waals surface area contributed by atoms with Crippen LogP contribution in [0.4, 0.5) is 0 Å². The molecule has 0 atom stereocenters. The van der Waals surface area contributed by atoms with E-state index < -0.39 is 5.97 Å². The van der Waals surface area contributed by atoms with Crippen LogP contribution in [0.2, 0.25) is 0 Å². The number of hydrogen-bond acceptors (Lipinski definition) is 4. The van der Waals surface area contributed by atoms with Gasteiger partial charge in [-0.1, -0.05) is 6.07 Å². The molecule has 0 spiro atoms. The van der Waals surface area contributed by atoms with Crippen LogP contribution in [-0.2, 0) is 6.42 Å². The number of thioether (sulfide) groups is 1. The highest BCUT2D eigenvalue weighted by Gasteiger charge is 2.06. The predicted octanol–water partition coefficient (Wildman–Crippen LogP) is 3.18. The van der Waals surface area contributed by atoms with Crippen molar-refractivity contribution in [3.8, 4) is 0 Å². The fraction of sp³-hybridized carbons (Fsp3) is 0.167. The molecule has 0 bridgehead atoms. The lowest BCUT2D eigenvalue weighted by Gasteiger charge is -1.99. The quantitative estimate of drug-likeness (QED) is 0.844. The summed E-state index contributed by atoms with van der Waals surface area (Å²) < 4.78 is 0. The third kappa shape index (κ3) is 3.57. The highest BCUT2D eigenvalue weighted by molar-refractivity contribution is 7.99. The van der Waals surface area contributed by atoms with Crippen LogP contribution in [0.1, 0.15) is 15.2 Å². The third-order valence-corrected chi connectivity index (χ3v) is 4.21. The van der Waals surface area contributed by atoms with Crippen molar-refractivity contribution in [2.24, 2.45) is 0 Å². The van der Waals surface area contributed by atoms with Gasteiger partial charge in [-0.25, -0.2) is 4.79 Å². The first-order chi connectivity index (χ1) is 8.25. The van der Waals surface area contributed by atoms with Crippen LogP contribution in [0.15, 0.2) is 40.9 Å². The largest absolute Gasteiger partial charge is 0.477 e. The molecule has 0 aromatic carbocycles. The van der Waals surface area contributed by atoms with Crippen molar-refractivity contribution < 1.29 is 9.90 Å². The van der Waals surface area contributed by atoms with E-state index in [0.29, 0.717) is 4.88 Å². The van der Waals surface area contributed by atoms with E-state index in [1.54, 1.807) is 24.0 Å². The number of aryl methyl sites for hydroxylation is 1. The Morgan fingerprint density at radius 1 is 1.53 bits per heavy atom. The van der Waals surface area contributed by atoms with E-state index in [4.69, 9.17) is 5.11 Å². The third-order valence-electron chi connectivity index (χ3n) is 2.17. The first-order valence-corrected chi connectivity index (χ1v) is 6.96. The zero-order chi connectivity index (χ0) is 12.1. The first-order valence-electron chi connectivity index (χ1n) is 5.09. The molecule has 0 radical (unpaired) electrons. The van der Waals surface area contributed by atoms with Crippen LogP contribution in [0, 0.1) is 0 Å². The molecule has 17 heavy (non-hydrogen) atoms. The molecule has 2 aromatic rings. The molecule has 3 nitrogen and oxygen atoms in total. The molecular formula is C12H11NO2S2. The zero-order valence-corrected chi connectivity index (χ0v) is 10.6. The topological polar surface area (TPSA) is 50.2 Å². The molecule has 5 heteroatoms. The number of hydrogen-bond donors (Lipinski definition) is 1. The average Bonchev–Trinajstić information content (AvgIpc) is 2.79. The normalized spacial score (nSPS) is 10.4. The second kappa shape index (κ2) is 5.84. The maximum Gasteiger partial charge on any atom is 0.345 e. The van der Waals surface area contributed by atoms with Crippen molar-refractivity contribution in [2.45, 2.75) is 11.3 Å². The number of rotatable bonds is 5. The summed E-state index contributed by atoms with van der Waals surface area (Å²) in [5, 5.41) is 10.7. The number of thiophene rings is 1. The number of aromatic carboxylic acids is 1. The Balaban J connectivity index is 1.84. The number of carboxylic acids is 1. The Morgan fingerprint density at radius 2 is 2.41 bits per heavy atom. The Hall–Kier alpha value is -1.33.